The molecule has 1 heterocycles. The summed E-state index contributed by atoms with van der Waals surface area (Å²) in [6.45, 7) is 8.84. The van der Waals surface area contributed by atoms with Crippen molar-refractivity contribution in [3.05, 3.63) is 51.6 Å². The molecule has 2 aromatic carbocycles. The molecule has 1 fully saturated rings. The van der Waals surface area contributed by atoms with Gasteiger partial charge in [-0.25, -0.2) is 0 Å². The number of carbonyl (C=O) groups is 1. The van der Waals surface area contributed by atoms with Gasteiger partial charge < -0.3 is 24.4 Å². The number of morpholine rings is 1. The highest BCUT2D eigenvalue weighted by atomic mass is 16.6. The van der Waals surface area contributed by atoms with Gasteiger partial charge in [-0.3, -0.25) is 14.9 Å². The minimum Gasteiger partial charge on any atom is -0.492 e. The van der Waals surface area contributed by atoms with Gasteiger partial charge in [-0.15, -0.1) is 0 Å². The molecule has 2 aromatic rings. The number of nitro groups is 1. The number of hydrogen-bond donors (Lipinski definition) is 1. The Hall–Kier alpha value is -3.33. The standard InChI is InChI=1S/C22H27N3O6/c1-4-30-19-14-18(24-9-11-29-12-10-24)20(31-5-2)13-17(19)23-22(26)16-8-6-7-15(3)21(16)25(27)28/h6-8,13-14H,4-5,9-12H2,1-3H3,(H,23,26). The molecule has 0 radical (unpaired) electrons. The number of rotatable bonds is 8. The van der Waals surface area contributed by atoms with E-state index in [1.165, 1.54) is 6.07 Å². The van der Waals surface area contributed by atoms with E-state index < -0.39 is 10.8 Å². The molecule has 9 heteroatoms. The molecule has 0 unspecified atom stereocenters. The van der Waals surface area contributed by atoms with Crippen LogP contribution in [0, 0.1) is 17.0 Å². The van der Waals surface area contributed by atoms with Crippen LogP contribution >= 0.6 is 0 Å². The summed E-state index contributed by atoms with van der Waals surface area (Å²) in [5, 5.41) is 14.3. The third-order valence-electron chi connectivity index (χ3n) is 4.93. The Bertz CT molecular complexity index is 957. The second-order valence-corrected chi connectivity index (χ2v) is 6.96. The molecule has 1 aliphatic rings. The van der Waals surface area contributed by atoms with Gasteiger partial charge in [0.25, 0.3) is 11.6 Å². The van der Waals surface area contributed by atoms with Crippen molar-refractivity contribution in [2.75, 3.05) is 49.7 Å². The van der Waals surface area contributed by atoms with Gasteiger partial charge in [0.05, 0.1) is 42.7 Å². The number of aryl methyl sites for hydroxylation is 1. The third-order valence-corrected chi connectivity index (χ3v) is 4.93. The monoisotopic (exact) mass is 429 g/mol. The molecule has 9 nitrogen and oxygen atoms in total. The van der Waals surface area contributed by atoms with E-state index >= 15 is 0 Å². The Kier molecular flexibility index (Phi) is 7.30. The van der Waals surface area contributed by atoms with E-state index in [0.717, 1.165) is 5.69 Å². The zero-order valence-corrected chi connectivity index (χ0v) is 18.0. The molecule has 166 valence electrons. The second-order valence-electron chi connectivity index (χ2n) is 6.96. The first-order valence-corrected chi connectivity index (χ1v) is 10.3. The number of nitrogens with zero attached hydrogens (tertiary/aromatic N) is 2. The van der Waals surface area contributed by atoms with Crippen molar-refractivity contribution >= 4 is 23.0 Å². The molecule has 0 atom stereocenters. The van der Waals surface area contributed by atoms with E-state index in [2.05, 4.69) is 10.2 Å². The lowest BCUT2D eigenvalue weighted by molar-refractivity contribution is -0.385. The number of carbonyl (C=O) groups excluding carboxylic acids is 1. The molecule has 0 saturated carbocycles. The molecule has 1 saturated heterocycles. The molecule has 1 amide bonds. The summed E-state index contributed by atoms with van der Waals surface area (Å²) in [6.07, 6.45) is 0. The number of ether oxygens (including phenoxy) is 3. The topological polar surface area (TPSA) is 103 Å². The van der Waals surface area contributed by atoms with Gasteiger partial charge in [0, 0.05) is 30.8 Å². The average Bonchev–Trinajstić information content (AvgIpc) is 2.75. The summed E-state index contributed by atoms with van der Waals surface area (Å²) in [7, 11) is 0. The molecule has 1 N–H and O–H groups in total. The fourth-order valence-electron chi connectivity index (χ4n) is 3.52. The largest absolute Gasteiger partial charge is 0.492 e. The molecule has 0 aliphatic carbocycles. The summed E-state index contributed by atoms with van der Waals surface area (Å²) in [5.41, 5.74) is 1.44. The highest BCUT2D eigenvalue weighted by Gasteiger charge is 2.25. The highest BCUT2D eigenvalue weighted by Crippen LogP contribution is 2.39. The molecule has 31 heavy (non-hydrogen) atoms. The van der Waals surface area contributed by atoms with E-state index in [9.17, 15) is 14.9 Å². The molecule has 0 spiro atoms. The molecular formula is C22H27N3O6. The molecule has 0 aromatic heterocycles. The predicted molar refractivity (Wildman–Crippen MR) is 118 cm³/mol. The number of nitro benzene ring substituents is 1. The molecule has 1 aliphatic heterocycles. The summed E-state index contributed by atoms with van der Waals surface area (Å²) in [6, 6.07) is 8.20. The van der Waals surface area contributed by atoms with Crippen molar-refractivity contribution in [3.8, 4) is 11.5 Å². The van der Waals surface area contributed by atoms with Crippen molar-refractivity contribution in [2.24, 2.45) is 0 Å². The molecule has 0 bridgehead atoms. The van der Waals surface area contributed by atoms with Gasteiger partial charge in [0.15, 0.2) is 0 Å². The number of anilines is 2. The van der Waals surface area contributed by atoms with E-state index in [0.29, 0.717) is 62.3 Å². The zero-order chi connectivity index (χ0) is 22.4. The van der Waals surface area contributed by atoms with Crippen LogP contribution in [0.1, 0.15) is 29.8 Å². The summed E-state index contributed by atoms with van der Waals surface area (Å²) >= 11 is 0. The number of benzene rings is 2. The normalized spacial score (nSPS) is 13.6. The van der Waals surface area contributed by atoms with Gasteiger partial charge >= 0.3 is 0 Å². The van der Waals surface area contributed by atoms with Crippen LogP contribution in [0.3, 0.4) is 0 Å². The Morgan fingerprint density at radius 3 is 2.48 bits per heavy atom. The van der Waals surface area contributed by atoms with E-state index in [4.69, 9.17) is 14.2 Å². The van der Waals surface area contributed by atoms with Crippen molar-refractivity contribution < 1.29 is 23.9 Å². The van der Waals surface area contributed by atoms with Crippen LogP contribution in [0.5, 0.6) is 11.5 Å². The lowest BCUT2D eigenvalue weighted by Gasteiger charge is -2.31. The smallest absolute Gasteiger partial charge is 0.285 e. The molecular weight excluding hydrogens is 402 g/mol. The Morgan fingerprint density at radius 2 is 1.84 bits per heavy atom. The maximum atomic E-state index is 13.0. The maximum absolute atomic E-state index is 13.0. The van der Waals surface area contributed by atoms with Crippen molar-refractivity contribution in [3.63, 3.8) is 0 Å². The van der Waals surface area contributed by atoms with E-state index in [-0.39, 0.29) is 11.3 Å². The number of nitrogens with one attached hydrogen (secondary N) is 1. The first-order valence-electron chi connectivity index (χ1n) is 10.3. The van der Waals surface area contributed by atoms with Crippen LogP contribution in [-0.2, 0) is 4.74 Å². The van der Waals surface area contributed by atoms with Crippen molar-refractivity contribution in [2.45, 2.75) is 20.8 Å². The van der Waals surface area contributed by atoms with Crippen LogP contribution in [0.4, 0.5) is 17.1 Å². The maximum Gasteiger partial charge on any atom is 0.285 e. The number of hydrogen-bond acceptors (Lipinski definition) is 7. The predicted octanol–water partition coefficient (Wildman–Crippen LogP) is 3.79. The van der Waals surface area contributed by atoms with Gasteiger partial charge in [-0.1, -0.05) is 12.1 Å². The Balaban J connectivity index is 2.00. The van der Waals surface area contributed by atoms with Crippen molar-refractivity contribution in [1.29, 1.82) is 0 Å². The minimum absolute atomic E-state index is 0.0114. The Morgan fingerprint density at radius 1 is 1.16 bits per heavy atom. The fourth-order valence-corrected chi connectivity index (χ4v) is 3.52. The van der Waals surface area contributed by atoms with Gasteiger partial charge in [0.2, 0.25) is 0 Å². The quantitative estimate of drug-likeness (QED) is 0.503. The van der Waals surface area contributed by atoms with Gasteiger partial charge in [0.1, 0.15) is 17.1 Å². The average molecular weight is 429 g/mol. The first-order chi connectivity index (χ1) is 15.0. The number of amides is 1. The summed E-state index contributed by atoms with van der Waals surface area (Å²) < 4.78 is 17.1. The van der Waals surface area contributed by atoms with Gasteiger partial charge in [-0.2, -0.15) is 0 Å². The van der Waals surface area contributed by atoms with E-state index in [1.54, 1.807) is 25.1 Å². The first kappa shape index (κ1) is 22.4. The van der Waals surface area contributed by atoms with Crippen LogP contribution in [0.25, 0.3) is 0 Å². The second kappa shape index (κ2) is 10.1. The lowest BCUT2D eigenvalue weighted by atomic mass is 10.1. The summed E-state index contributed by atoms with van der Waals surface area (Å²) in [5.74, 6) is 0.482. The fraction of sp³-hybridized carbons (Fsp3) is 0.409. The lowest BCUT2D eigenvalue weighted by Crippen LogP contribution is -2.36. The van der Waals surface area contributed by atoms with Crippen LogP contribution < -0.4 is 19.7 Å². The third kappa shape index (κ3) is 5.05. The van der Waals surface area contributed by atoms with Crippen LogP contribution in [0.15, 0.2) is 30.3 Å². The zero-order valence-electron chi connectivity index (χ0n) is 18.0. The molecule has 3 rings (SSSR count). The van der Waals surface area contributed by atoms with Crippen LogP contribution in [0.2, 0.25) is 0 Å². The Labute approximate surface area is 181 Å². The minimum atomic E-state index is -0.585. The van der Waals surface area contributed by atoms with Gasteiger partial charge in [-0.05, 0) is 26.8 Å². The summed E-state index contributed by atoms with van der Waals surface area (Å²) in [4.78, 5) is 26.1. The van der Waals surface area contributed by atoms with E-state index in [1.807, 2.05) is 19.9 Å². The SMILES string of the molecule is CCOc1cc(N2CCOCC2)c(OCC)cc1NC(=O)c1cccc(C)c1[N+](=O)[O-]. The number of para-hydroxylation sites is 1. The van der Waals surface area contributed by atoms with Crippen LogP contribution in [-0.4, -0.2) is 50.3 Å². The van der Waals surface area contributed by atoms with Crippen molar-refractivity contribution in [1.82, 2.24) is 0 Å². The highest BCUT2D eigenvalue weighted by molar-refractivity contribution is 6.08.